The van der Waals surface area contributed by atoms with E-state index in [-0.39, 0.29) is 5.56 Å². The van der Waals surface area contributed by atoms with Gasteiger partial charge in [-0.3, -0.25) is 4.79 Å². The summed E-state index contributed by atoms with van der Waals surface area (Å²) >= 11 is 0. The molecule has 2 aromatic carbocycles. The van der Waals surface area contributed by atoms with Gasteiger partial charge in [-0.2, -0.15) is 8.42 Å². The number of ether oxygens (including phenoxy) is 1. The first-order valence-corrected chi connectivity index (χ1v) is 8.75. The van der Waals surface area contributed by atoms with Crippen LogP contribution >= 0.6 is 0 Å². The zero-order valence-corrected chi connectivity index (χ0v) is 13.6. The Kier molecular flexibility index (Phi) is 4.10. The zero-order valence-electron chi connectivity index (χ0n) is 13.8. The predicted octanol–water partition coefficient (Wildman–Crippen LogP) is 2.14. The molecule has 2 N–H and O–H groups in total. The maximum absolute atomic E-state index is 13.4. The highest BCUT2D eigenvalue weighted by Gasteiger charge is 2.39. The van der Waals surface area contributed by atoms with E-state index in [1.165, 1.54) is 12.1 Å². The van der Waals surface area contributed by atoms with Crippen LogP contribution in [0.4, 0.5) is 4.39 Å². The van der Waals surface area contributed by atoms with Crippen LogP contribution in [0.25, 0.3) is 0 Å². The molecule has 0 saturated carbocycles. The summed E-state index contributed by atoms with van der Waals surface area (Å²) in [6, 6.07) is 12.8. The highest BCUT2D eigenvalue weighted by molar-refractivity contribution is 7.86. The van der Waals surface area contributed by atoms with Crippen LogP contribution in [0.2, 0.25) is 0 Å². The fourth-order valence-corrected chi connectivity index (χ4v) is 3.32. The minimum absolute atomic E-state index is 0.135. The van der Waals surface area contributed by atoms with Crippen LogP contribution in [0.5, 0.6) is 0 Å². The quantitative estimate of drug-likeness (QED) is 0.817. The van der Waals surface area contributed by atoms with Crippen molar-refractivity contribution in [1.82, 2.24) is 0 Å². The molecular weight excluding hydrogens is 349 g/mol. The topological polar surface area (TPSA) is 95.7 Å². The van der Waals surface area contributed by atoms with Crippen LogP contribution in [0, 0.1) is 5.82 Å². The molecule has 1 aliphatic rings. The van der Waals surface area contributed by atoms with Crippen molar-refractivity contribution in [2.24, 2.45) is 5.73 Å². The van der Waals surface area contributed by atoms with Gasteiger partial charge in [0.25, 0.3) is 0 Å². The number of nitrogens with two attached hydrogens (primary N) is 1. The Bertz CT molecular complexity index is 993. The Morgan fingerprint density at radius 3 is 2.60 bits per heavy atom. The number of hydrogen-bond donors (Lipinski definition) is 1. The monoisotopic (exact) mass is 364 g/mol. The first-order chi connectivity index (χ1) is 12.2. The van der Waals surface area contributed by atoms with Crippen LogP contribution < -0.4 is 5.73 Å². The third kappa shape index (κ3) is 3.80. The lowest BCUT2D eigenvalue weighted by Gasteiger charge is -2.09. The molecule has 0 bridgehead atoms. The molecule has 130 valence electrons. The Morgan fingerprint density at radius 1 is 1.20 bits per heavy atom. The molecule has 2 aromatic rings. The molecule has 0 amide bonds. The summed E-state index contributed by atoms with van der Waals surface area (Å²) in [5.74, 6) is -3.75. The number of rotatable bonds is 5. The van der Waals surface area contributed by atoms with Gasteiger partial charge < -0.3 is 14.7 Å². The van der Waals surface area contributed by atoms with Gasteiger partial charge >= 0.3 is 10.1 Å². The van der Waals surface area contributed by atoms with Gasteiger partial charge in [0.1, 0.15) is 11.6 Å². The van der Waals surface area contributed by atoms with Crippen LogP contribution in [0.3, 0.4) is 0 Å². The molecule has 0 saturated heterocycles. The summed E-state index contributed by atoms with van der Waals surface area (Å²) in [6.45, 7) is 0. The van der Waals surface area contributed by atoms with Gasteiger partial charge in [0.05, 0.1) is 1.37 Å². The van der Waals surface area contributed by atoms with Gasteiger partial charge in [0.15, 0.2) is 6.08 Å². The molecule has 1 atom stereocenters. The summed E-state index contributed by atoms with van der Waals surface area (Å²) in [4.78, 5) is 12.5. The standard InChI is InChI=1S/C17H14FNO5S/c18-13-8-4-7-12(9-13)15-14(20)16(17(19)23-15)24-25(21,22)10-11-5-2-1-3-6-11/h1-9,15H,10,19H2/i15D. The van der Waals surface area contributed by atoms with Crippen molar-refractivity contribution in [3.8, 4) is 0 Å². The van der Waals surface area contributed by atoms with Gasteiger partial charge in [-0.1, -0.05) is 42.5 Å². The number of Topliss-reactive ketones (excluding diaryl/α,β-unsaturated/α-hetero) is 1. The van der Waals surface area contributed by atoms with Crippen molar-refractivity contribution in [2.45, 2.75) is 11.8 Å². The molecule has 0 fully saturated rings. The van der Waals surface area contributed by atoms with Crippen molar-refractivity contribution in [3.63, 3.8) is 0 Å². The number of halogens is 1. The van der Waals surface area contributed by atoms with Crippen molar-refractivity contribution >= 4 is 15.9 Å². The molecule has 0 radical (unpaired) electrons. The lowest BCUT2D eigenvalue weighted by Crippen LogP contribution is -2.16. The third-order valence-corrected chi connectivity index (χ3v) is 4.44. The van der Waals surface area contributed by atoms with Gasteiger partial charge in [-0.05, 0) is 17.7 Å². The molecule has 0 aromatic heterocycles. The van der Waals surface area contributed by atoms with E-state index in [1.54, 1.807) is 30.3 Å². The SMILES string of the molecule is [2H]C1(c2cccc(F)c2)OC(N)=C(OS(=O)(=O)Cc2ccccc2)C1=O. The van der Waals surface area contributed by atoms with E-state index in [4.69, 9.17) is 16.0 Å². The summed E-state index contributed by atoms with van der Waals surface area (Å²) in [5, 5.41) is 0. The normalized spacial score (nSPS) is 21.0. The molecule has 8 heteroatoms. The second-order valence-electron chi connectivity index (χ2n) is 5.23. The first-order valence-electron chi connectivity index (χ1n) is 7.67. The number of carbonyl (C=O) groups excluding carboxylic acids is 1. The Balaban J connectivity index is 1.85. The first kappa shape index (κ1) is 15.6. The fraction of sp³-hybridized carbons (Fsp3) is 0.118. The molecule has 1 heterocycles. The highest BCUT2D eigenvalue weighted by atomic mass is 32.2. The molecule has 0 spiro atoms. The third-order valence-electron chi connectivity index (χ3n) is 3.33. The largest absolute Gasteiger partial charge is 0.460 e. The van der Waals surface area contributed by atoms with E-state index in [2.05, 4.69) is 0 Å². The molecule has 0 aliphatic carbocycles. The van der Waals surface area contributed by atoms with Crippen molar-refractivity contribution in [1.29, 1.82) is 0 Å². The van der Waals surface area contributed by atoms with E-state index < -0.39 is 45.2 Å². The van der Waals surface area contributed by atoms with Gasteiger partial charge in [0, 0.05) is 5.56 Å². The molecular formula is C17H14FNO5S. The van der Waals surface area contributed by atoms with Gasteiger partial charge in [-0.25, -0.2) is 4.39 Å². The molecule has 6 nitrogen and oxygen atoms in total. The minimum Gasteiger partial charge on any atom is -0.460 e. The smallest absolute Gasteiger partial charge is 0.313 e. The van der Waals surface area contributed by atoms with Crippen LogP contribution in [-0.2, 0) is 29.6 Å². The molecule has 1 aliphatic heterocycles. The van der Waals surface area contributed by atoms with E-state index >= 15 is 0 Å². The van der Waals surface area contributed by atoms with Crippen molar-refractivity contribution in [3.05, 3.63) is 83.2 Å². The number of ketones is 1. The predicted molar refractivity (Wildman–Crippen MR) is 86.6 cm³/mol. The van der Waals surface area contributed by atoms with Crippen LogP contribution in [0.15, 0.2) is 66.2 Å². The Labute approximate surface area is 145 Å². The van der Waals surface area contributed by atoms with Crippen LogP contribution in [-0.4, -0.2) is 14.2 Å². The molecule has 1 unspecified atom stereocenters. The maximum atomic E-state index is 13.4. The van der Waals surface area contributed by atoms with Gasteiger partial charge in [0.2, 0.25) is 17.4 Å². The lowest BCUT2D eigenvalue weighted by molar-refractivity contribution is -0.123. The molecule has 25 heavy (non-hydrogen) atoms. The number of carbonyl (C=O) groups is 1. The Morgan fingerprint density at radius 2 is 1.92 bits per heavy atom. The average Bonchev–Trinajstić information content (AvgIpc) is 2.79. The second-order valence-corrected chi connectivity index (χ2v) is 6.81. The van der Waals surface area contributed by atoms with E-state index in [1.807, 2.05) is 0 Å². The number of hydrogen-bond acceptors (Lipinski definition) is 6. The van der Waals surface area contributed by atoms with Crippen molar-refractivity contribution < 1.29 is 27.9 Å². The van der Waals surface area contributed by atoms with E-state index in [9.17, 15) is 17.6 Å². The zero-order chi connectivity index (χ0) is 18.9. The van der Waals surface area contributed by atoms with Gasteiger partial charge in [-0.15, -0.1) is 0 Å². The Hall–Kier alpha value is -2.87. The maximum Gasteiger partial charge on any atom is 0.313 e. The summed E-state index contributed by atoms with van der Waals surface area (Å²) in [7, 11) is -4.22. The second kappa shape index (κ2) is 6.56. The summed E-state index contributed by atoms with van der Waals surface area (Å²) < 4.78 is 55.8. The minimum atomic E-state index is -4.22. The summed E-state index contributed by atoms with van der Waals surface area (Å²) in [5.41, 5.74) is 5.86. The fourth-order valence-electron chi connectivity index (χ4n) is 2.25. The van der Waals surface area contributed by atoms with Crippen LogP contribution in [0.1, 0.15) is 18.6 Å². The number of benzene rings is 2. The molecule has 3 rings (SSSR count). The van der Waals surface area contributed by atoms with E-state index in [0.717, 1.165) is 12.1 Å². The van der Waals surface area contributed by atoms with E-state index in [0.29, 0.717) is 5.56 Å². The summed E-state index contributed by atoms with van der Waals surface area (Å²) in [6.07, 6.45) is -2.41. The lowest BCUT2D eigenvalue weighted by atomic mass is 10.1. The van der Waals surface area contributed by atoms with Crippen molar-refractivity contribution in [2.75, 3.05) is 0 Å². The highest BCUT2D eigenvalue weighted by Crippen LogP contribution is 2.32. The average molecular weight is 364 g/mol.